The molecule has 0 amide bonds. The Hall–Kier alpha value is -2.28. The van der Waals surface area contributed by atoms with Crippen molar-refractivity contribution in [3.63, 3.8) is 0 Å². The van der Waals surface area contributed by atoms with Crippen LogP contribution in [0.2, 0.25) is 0 Å². The number of nitrogens with one attached hydrogen (secondary N) is 1. The van der Waals surface area contributed by atoms with E-state index >= 15 is 0 Å². The lowest BCUT2D eigenvalue weighted by Crippen LogP contribution is -2.18. The number of carboxylic acids is 1. The summed E-state index contributed by atoms with van der Waals surface area (Å²) in [4.78, 5) is 14.4. The van der Waals surface area contributed by atoms with Gasteiger partial charge in [-0.15, -0.1) is 0 Å². The molecule has 0 aliphatic rings. The molecule has 0 spiro atoms. The second-order valence-electron chi connectivity index (χ2n) is 3.84. The number of hydrogen-bond acceptors (Lipinski definition) is 5. The third-order valence-electron chi connectivity index (χ3n) is 2.36. The maximum absolute atomic E-state index is 12.8. The van der Waals surface area contributed by atoms with Gasteiger partial charge in [0, 0.05) is 12.1 Å². The topological polar surface area (TPSA) is 88.2 Å². The lowest BCUT2D eigenvalue weighted by molar-refractivity contribution is -0.136. The molecule has 6 nitrogen and oxygen atoms in total. The molecule has 2 rings (SSSR count). The number of aliphatic carboxylic acids is 1. The van der Waals surface area contributed by atoms with Crippen molar-refractivity contribution in [1.82, 2.24) is 15.5 Å². The van der Waals surface area contributed by atoms with Crippen LogP contribution >= 0.6 is 0 Å². The number of hydrogen-bond donors (Lipinski definition) is 2. The van der Waals surface area contributed by atoms with Crippen LogP contribution in [0.4, 0.5) is 4.39 Å². The largest absolute Gasteiger partial charge is 0.481 e. The molecule has 0 bridgehead atoms. The Morgan fingerprint density at radius 2 is 2.11 bits per heavy atom. The van der Waals surface area contributed by atoms with Crippen molar-refractivity contribution in [2.75, 3.05) is 6.54 Å². The third kappa shape index (κ3) is 3.85. The van der Waals surface area contributed by atoms with Crippen LogP contribution in [-0.2, 0) is 11.3 Å². The molecule has 7 heteroatoms. The molecule has 100 valence electrons. The van der Waals surface area contributed by atoms with Crippen molar-refractivity contribution in [3.8, 4) is 11.5 Å². The van der Waals surface area contributed by atoms with E-state index in [1.165, 1.54) is 12.1 Å². The van der Waals surface area contributed by atoms with Crippen LogP contribution in [0.5, 0.6) is 0 Å². The molecule has 2 N–H and O–H groups in total. The second-order valence-corrected chi connectivity index (χ2v) is 3.84. The predicted octanol–water partition coefficient (Wildman–Crippen LogP) is 1.44. The molecule has 0 atom stereocenters. The Morgan fingerprint density at radius 1 is 1.37 bits per heavy atom. The summed E-state index contributed by atoms with van der Waals surface area (Å²) in [6.07, 6.45) is 0.0304. The summed E-state index contributed by atoms with van der Waals surface area (Å²) in [6, 6.07) is 5.71. The van der Waals surface area contributed by atoms with Gasteiger partial charge in [-0.2, -0.15) is 4.98 Å². The fourth-order valence-corrected chi connectivity index (χ4v) is 1.43. The van der Waals surface area contributed by atoms with Gasteiger partial charge in [0.2, 0.25) is 0 Å². The Balaban J connectivity index is 1.91. The van der Waals surface area contributed by atoms with Crippen molar-refractivity contribution in [1.29, 1.82) is 0 Å². The zero-order valence-corrected chi connectivity index (χ0v) is 9.97. The molecular formula is C12H12FN3O3. The third-order valence-corrected chi connectivity index (χ3v) is 2.36. The van der Waals surface area contributed by atoms with Gasteiger partial charge < -0.3 is 14.9 Å². The summed E-state index contributed by atoms with van der Waals surface area (Å²) >= 11 is 0. The smallest absolute Gasteiger partial charge is 0.304 e. The molecule has 2 aromatic rings. The van der Waals surface area contributed by atoms with Crippen molar-refractivity contribution < 1.29 is 18.8 Å². The van der Waals surface area contributed by atoms with E-state index in [0.717, 1.165) is 0 Å². The molecule has 1 aromatic heterocycles. The van der Waals surface area contributed by atoms with Gasteiger partial charge in [0.05, 0.1) is 13.0 Å². The fourth-order valence-electron chi connectivity index (χ4n) is 1.43. The molecule has 0 saturated heterocycles. The highest BCUT2D eigenvalue weighted by molar-refractivity contribution is 5.66. The van der Waals surface area contributed by atoms with Gasteiger partial charge >= 0.3 is 5.97 Å². The van der Waals surface area contributed by atoms with Crippen LogP contribution in [0.3, 0.4) is 0 Å². The monoisotopic (exact) mass is 265 g/mol. The van der Waals surface area contributed by atoms with Gasteiger partial charge in [0.25, 0.3) is 5.89 Å². The van der Waals surface area contributed by atoms with Crippen LogP contribution in [0, 0.1) is 5.82 Å². The minimum absolute atomic E-state index is 0.0304. The predicted molar refractivity (Wildman–Crippen MR) is 63.7 cm³/mol. The first-order valence-corrected chi connectivity index (χ1v) is 5.66. The number of nitrogens with zero attached hydrogens (tertiary/aromatic N) is 2. The maximum atomic E-state index is 12.8. The lowest BCUT2D eigenvalue weighted by atomic mass is 10.2. The summed E-state index contributed by atoms with van der Waals surface area (Å²) in [6.45, 7) is 0.647. The fraction of sp³-hybridized carbons (Fsp3) is 0.250. The minimum Gasteiger partial charge on any atom is -0.481 e. The minimum atomic E-state index is -0.868. The molecule has 0 aliphatic heterocycles. The average molecular weight is 265 g/mol. The van der Waals surface area contributed by atoms with E-state index in [4.69, 9.17) is 9.63 Å². The zero-order chi connectivity index (χ0) is 13.7. The summed E-state index contributed by atoms with van der Waals surface area (Å²) in [5.74, 6) is -0.480. The first kappa shape index (κ1) is 13.2. The van der Waals surface area contributed by atoms with Crippen LogP contribution in [0.15, 0.2) is 28.8 Å². The Morgan fingerprint density at radius 3 is 2.79 bits per heavy atom. The number of carboxylic acid groups (broad SMARTS) is 1. The normalized spacial score (nSPS) is 10.6. The summed E-state index contributed by atoms with van der Waals surface area (Å²) in [5.41, 5.74) is 0.630. The van der Waals surface area contributed by atoms with Crippen molar-refractivity contribution in [2.24, 2.45) is 0 Å². The van der Waals surface area contributed by atoms with Crippen LogP contribution in [-0.4, -0.2) is 27.8 Å². The number of benzene rings is 1. The van der Waals surface area contributed by atoms with Gasteiger partial charge in [-0.25, -0.2) is 4.39 Å². The molecular weight excluding hydrogens is 253 g/mol. The number of carbonyl (C=O) groups is 1. The Kier molecular flexibility index (Phi) is 4.19. The average Bonchev–Trinajstić information content (AvgIpc) is 2.84. The van der Waals surface area contributed by atoms with Gasteiger partial charge in [0.15, 0.2) is 5.82 Å². The van der Waals surface area contributed by atoms with Crippen molar-refractivity contribution >= 4 is 5.97 Å². The molecule has 0 saturated carbocycles. The van der Waals surface area contributed by atoms with E-state index in [-0.39, 0.29) is 12.2 Å². The van der Waals surface area contributed by atoms with Gasteiger partial charge in [-0.1, -0.05) is 5.16 Å². The highest BCUT2D eigenvalue weighted by Crippen LogP contribution is 2.17. The highest BCUT2D eigenvalue weighted by atomic mass is 19.1. The number of rotatable bonds is 6. The molecule has 0 fully saturated rings. The second kappa shape index (κ2) is 6.05. The number of halogens is 1. The Bertz CT molecular complexity index is 554. The van der Waals surface area contributed by atoms with E-state index in [2.05, 4.69) is 15.5 Å². The van der Waals surface area contributed by atoms with Crippen molar-refractivity contribution in [2.45, 2.75) is 13.0 Å². The van der Waals surface area contributed by atoms with Crippen LogP contribution < -0.4 is 5.32 Å². The number of aromatic nitrogens is 2. The summed E-state index contributed by atoms with van der Waals surface area (Å²) in [7, 11) is 0. The van der Waals surface area contributed by atoms with E-state index in [1.807, 2.05) is 0 Å². The van der Waals surface area contributed by atoms with E-state index in [1.54, 1.807) is 12.1 Å². The molecule has 1 aromatic carbocycles. The Labute approximate surface area is 108 Å². The highest BCUT2D eigenvalue weighted by Gasteiger charge is 2.08. The molecule has 19 heavy (non-hydrogen) atoms. The summed E-state index contributed by atoms with van der Waals surface area (Å²) < 4.78 is 17.8. The van der Waals surface area contributed by atoms with Crippen LogP contribution in [0.25, 0.3) is 11.5 Å². The molecule has 0 radical (unpaired) electrons. The van der Waals surface area contributed by atoms with Crippen LogP contribution in [0.1, 0.15) is 12.2 Å². The van der Waals surface area contributed by atoms with Gasteiger partial charge in [0.1, 0.15) is 5.82 Å². The van der Waals surface area contributed by atoms with Gasteiger partial charge in [-0.05, 0) is 24.3 Å². The standard InChI is InChI=1S/C12H12FN3O3/c13-9-3-1-8(2-4-9)12-15-10(16-19-12)7-14-6-5-11(17)18/h1-4,14H,5-7H2,(H,17,18). The molecule has 0 aliphatic carbocycles. The van der Waals surface area contributed by atoms with E-state index in [0.29, 0.717) is 30.4 Å². The van der Waals surface area contributed by atoms with E-state index < -0.39 is 5.97 Å². The van der Waals surface area contributed by atoms with Crippen molar-refractivity contribution in [3.05, 3.63) is 35.9 Å². The maximum Gasteiger partial charge on any atom is 0.304 e. The molecule has 0 unspecified atom stereocenters. The first-order chi connectivity index (χ1) is 9.15. The SMILES string of the molecule is O=C(O)CCNCc1noc(-c2ccc(F)cc2)n1. The quantitative estimate of drug-likeness (QED) is 0.768. The molecule has 1 heterocycles. The zero-order valence-electron chi connectivity index (χ0n) is 9.97. The first-order valence-electron chi connectivity index (χ1n) is 5.66. The van der Waals surface area contributed by atoms with Gasteiger partial charge in [-0.3, -0.25) is 4.79 Å². The lowest BCUT2D eigenvalue weighted by Gasteiger charge is -1.97. The summed E-state index contributed by atoms with van der Waals surface area (Å²) in [5, 5.41) is 15.1. The van der Waals surface area contributed by atoms with E-state index in [9.17, 15) is 9.18 Å².